The molecule has 1 fully saturated rings. The van der Waals surface area contributed by atoms with Gasteiger partial charge in [0, 0.05) is 43.1 Å². The molecule has 0 saturated carbocycles. The maximum absolute atomic E-state index is 12.8. The van der Waals surface area contributed by atoms with E-state index in [-0.39, 0.29) is 37.1 Å². The van der Waals surface area contributed by atoms with Crippen LogP contribution in [0.2, 0.25) is 0 Å². The Labute approximate surface area is 182 Å². The molecule has 0 unspecified atom stereocenters. The van der Waals surface area contributed by atoms with Gasteiger partial charge in [-0.1, -0.05) is 48.5 Å². The summed E-state index contributed by atoms with van der Waals surface area (Å²) in [5.74, 6) is -0.438. The molecular formula is C22H25N3O5S. The second kappa shape index (κ2) is 9.84. The van der Waals surface area contributed by atoms with Crippen LogP contribution >= 0.6 is 0 Å². The number of benzene rings is 2. The third-order valence-electron chi connectivity index (χ3n) is 5.37. The van der Waals surface area contributed by atoms with E-state index in [1.165, 1.54) is 20.7 Å². The van der Waals surface area contributed by atoms with Gasteiger partial charge in [-0.25, -0.2) is 8.42 Å². The van der Waals surface area contributed by atoms with Crippen LogP contribution in [0, 0.1) is 16.0 Å². The van der Waals surface area contributed by atoms with Crippen LogP contribution in [0.25, 0.3) is 6.08 Å². The first kappa shape index (κ1) is 22.6. The second-order valence-electron chi connectivity index (χ2n) is 7.51. The number of nitro groups is 1. The van der Waals surface area contributed by atoms with Gasteiger partial charge in [-0.05, 0) is 24.5 Å². The van der Waals surface area contributed by atoms with Gasteiger partial charge in [0.05, 0.1) is 11.5 Å². The highest BCUT2D eigenvalue weighted by Crippen LogP contribution is 2.24. The zero-order chi connectivity index (χ0) is 22.4. The first-order chi connectivity index (χ1) is 14.8. The first-order valence-electron chi connectivity index (χ1n) is 9.98. The molecule has 0 atom stereocenters. The molecule has 2 aromatic rings. The molecule has 1 saturated heterocycles. The smallest absolute Gasteiger partial charge is 0.274 e. The fourth-order valence-corrected chi connectivity index (χ4v) is 4.86. The van der Waals surface area contributed by atoms with Crippen molar-refractivity contribution < 1.29 is 18.1 Å². The van der Waals surface area contributed by atoms with E-state index in [0.29, 0.717) is 18.4 Å². The zero-order valence-corrected chi connectivity index (χ0v) is 18.1. The molecule has 9 heteroatoms. The Hall–Kier alpha value is -3.04. The van der Waals surface area contributed by atoms with Crippen LogP contribution in [0.5, 0.6) is 0 Å². The van der Waals surface area contributed by atoms with Crippen molar-refractivity contribution in [2.24, 2.45) is 5.92 Å². The van der Waals surface area contributed by atoms with Gasteiger partial charge in [-0.2, -0.15) is 4.31 Å². The number of rotatable bonds is 7. The molecule has 0 aromatic heterocycles. The summed E-state index contributed by atoms with van der Waals surface area (Å²) in [4.78, 5) is 25.0. The van der Waals surface area contributed by atoms with Gasteiger partial charge in [-0.15, -0.1) is 0 Å². The minimum Gasteiger partial charge on any atom is -0.341 e. The van der Waals surface area contributed by atoms with Crippen molar-refractivity contribution in [2.75, 3.05) is 20.1 Å². The van der Waals surface area contributed by atoms with Crippen molar-refractivity contribution in [3.05, 3.63) is 81.2 Å². The molecule has 31 heavy (non-hydrogen) atoms. The largest absolute Gasteiger partial charge is 0.341 e. The van der Waals surface area contributed by atoms with Crippen molar-refractivity contribution in [2.45, 2.75) is 19.4 Å². The van der Waals surface area contributed by atoms with Gasteiger partial charge in [0.2, 0.25) is 15.9 Å². The monoisotopic (exact) mass is 443 g/mol. The molecule has 3 rings (SSSR count). The lowest BCUT2D eigenvalue weighted by Crippen LogP contribution is -2.42. The van der Waals surface area contributed by atoms with Crippen LogP contribution < -0.4 is 0 Å². The lowest BCUT2D eigenvalue weighted by Gasteiger charge is -2.31. The Bertz CT molecular complexity index is 1060. The summed E-state index contributed by atoms with van der Waals surface area (Å²) < 4.78 is 26.6. The molecule has 1 amide bonds. The summed E-state index contributed by atoms with van der Waals surface area (Å²) in [6, 6.07) is 15.5. The Morgan fingerprint density at radius 3 is 2.39 bits per heavy atom. The molecule has 0 N–H and O–H groups in total. The average molecular weight is 444 g/mol. The Morgan fingerprint density at radius 2 is 1.74 bits per heavy atom. The van der Waals surface area contributed by atoms with E-state index in [1.807, 2.05) is 30.3 Å². The molecule has 2 aromatic carbocycles. The summed E-state index contributed by atoms with van der Waals surface area (Å²) in [7, 11) is -1.95. The Morgan fingerprint density at radius 1 is 1.13 bits per heavy atom. The summed E-state index contributed by atoms with van der Waals surface area (Å²) in [5, 5.41) is 12.4. The SMILES string of the molecule is CN(Cc1ccccc1[N+](=O)[O-])C(=O)C1CCN(S(=O)(=O)/C=C/c2ccccc2)CC1. The van der Waals surface area contributed by atoms with Crippen molar-refractivity contribution >= 4 is 27.7 Å². The van der Waals surface area contributed by atoms with E-state index in [0.717, 1.165) is 5.56 Å². The number of sulfonamides is 1. The van der Waals surface area contributed by atoms with Crippen LogP contribution in [0.3, 0.4) is 0 Å². The van der Waals surface area contributed by atoms with Crippen molar-refractivity contribution in [1.29, 1.82) is 0 Å². The number of piperidine rings is 1. The molecule has 1 aliphatic heterocycles. The Balaban J connectivity index is 1.58. The van der Waals surface area contributed by atoms with Crippen LogP contribution in [-0.2, 0) is 21.4 Å². The van der Waals surface area contributed by atoms with E-state index in [1.54, 1.807) is 31.3 Å². The number of carbonyl (C=O) groups is 1. The van der Waals surface area contributed by atoms with E-state index in [2.05, 4.69) is 0 Å². The molecule has 0 spiro atoms. The van der Waals surface area contributed by atoms with E-state index in [9.17, 15) is 23.3 Å². The van der Waals surface area contributed by atoms with Gasteiger partial charge in [0.15, 0.2) is 0 Å². The van der Waals surface area contributed by atoms with E-state index in [4.69, 9.17) is 0 Å². The summed E-state index contributed by atoms with van der Waals surface area (Å²) in [6.07, 6.45) is 2.39. The van der Waals surface area contributed by atoms with Gasteiger partial charge in [0.1, 0.15) is 0 Å². The van der Waals surface area contributed by atoms with Gasteiger partial charge < -0.3 is 4.90 Å². The lowest BCUT2D eigenvalue weighted by atomic mass is 9.96. The highest BCUT2D eigenvalue weighted by Gasteiger charge is 2.31. The lowest BCUT2D eigenvalue weighted by molar-refractivity contribution is -0.385. The fourth-order valence-electron chi connectivity index (χ4n) is 3.64. The quantitative estimate of drug-likeness (QED) is 0.483. The first-order valence-corrected chi connectivity index (χ1v) is 11.5. The maximum Gasteiger partial charge on any atom is 0.274 e. The van der Waals surface area contributed by atoms with Crippen molar-refractivity contribution in [1.82, 2.24) is 9.21 Å². The number of nitro benzene ring substituents is 1. The van der Waals surface area contributed by atoms with Gasteiger partial charge in [-0.3, -0.25) is 14.9 Å². The molecule has 0 bridgehead atoms. The zero-order valence-electron chi connectivity index (χ0n) is 17.3. The number of amides is 1. The number of carbonyl (C=O) groups excluding carboxylic acids is 1. The fraction of sp³-hybridized carbons (Fsp3) is 0.318. The second-order valence-corrected chi connectivity index (χ2v) is 9.33. The Kier molecular flexibility index (Phi) is 7.19. The van der Waals surface area contributed by atoms with Gasteiger partial charge in [0.25, 0.3) is 5.69 Å². The molecule has 0 aliphatic carbocycles. The minimum atomic E-state index is -3.56. The molecule has 8 nitrogen and oxygen atoms in total. The molecule has 1 aliphatic rings. The van der Waals surface area contributed by atoms with Crippen molar-refractivity contribution in [3.63, 3.8) is 0 Å². The average Bonchev–Trinajstić information content (AvgIpc) is 2.78. The number of hydrogen-bond donors (Lipinski definition) is 0. The van der Waals surface area contributed by atoms with Crippen LogP contribution in [0.1, 0.15) is 24.0 Å². The number of nitrogens with zero attached hydrogens (tertiary/aromatic N) is 3. The molecule has 0 radical (unpaired) electrons. The van der Waals surface area contributed by atoms with E-state index >= 15 is 0 Å². The normalized spacial score (nSPS) is 15.8. The highest BCUT2D eigenvalue weighted by atomic mass is 32.2. The molecular weight excluding hydrogens is 418 g/mol. The van der Waals surface area contributed by atoms with Crippen LogP contribution in [-0.4, -0.2) is 48.6 Å². The standard InChI is InChI=1S/C22H25N3O5S/c1-23(17-20-9-5-6-10-21(20)25(27)28)22(26)19-11-14-24(15-12-19)31(29,30)16-13-18-7-3-2-4-8-18/h2-10,13,16,19H,11-12,14-15,17H2,1H3/b16-13+. The van der Waals surface area contributed by atoms with Crippen LogP contribution in [0.15, 0.2) is 60.0 Å². The molecule has 164 valence electrons. The third kappa shape index (κ3) is 5.77. The molecule has 1 heterocycles. The number of hydrogen-bond acceptors (Lipinski definition) is 5. The van der Waals surface area contributed by atoms with Crippen LogP contribution in [0.4, 0.5) is 5.69 Å². The predicted molar refractivity (Wildman–Crippen MR) is 118 cm³/mol. The van der Waals surface area contributed by atoms with Crippen molar-refractivity contribution in [3.8, 4) is 0 Å². The maximum atomic E-state index is 12.8. The van der Waals surface area contributed by atoms with E-state index < -0.39 is 14.9 Å². The predicted octanol–water partition coefficient (Wildman–Crippen LogP) is 3.27. The van der Waals surface area contributed by atoms with Gasteiger partial charge >= 0.3 is 0 Å². The summed E-state index contributed by atoms with van der Waals surface area (Å²) in [6.45, 7) is 0.655. The topological polar surface area (TPSA) is 101 Å². The number of para-hydroxylation sites is 1. The summed E-state index contributed by atoms with van der Waals surface area (Å²) >= 11 is 0. The summed E-state index contributed by atoms with van der Waals surface area (Å²) in [5.41, 5.74) is 1.25. The highest BCUT2D eigenvalue weighted by molar-refractivity contribution is 7.92. The minimum absolute atomic E-state index is 0.0201. The third-order valence-corrected chi connectivity index (χ3v) is 6.93.